The molecule has 2 heterocycles. The Bertz CT molecular complexity index is 1290. The lowest BCUT2D eigenvalue weighted by Gasteiger charge is -2.17. The molecule has 0 saturated carbocycles. The lowest BCUT2D eigenvalue weighted by atomic mass is 10.0. The van der Waals surface area contributed by atoms with Gasteiger partial charge in [-0.05, 0) is 34.5 Å². The molecule has 0 atom stereocenters. The van der Waals surface area contributed by atoms with E-state index in [1.165, 1.54) is 0 Å². The Morgan fingerprint density at radius 1 is 0.969 bits per heavy atom. The highest BCUT2D eigenvalue weighted by atomic mass is 79.9. The van der Waals surface area contributed by atoms with Crippen LogP contribution in [0.15, 0.2) is 69.9 Å². The van der Waals surface area contributed by atoms with Crippen molar-refractivity contribution in [1.82, 2.24) is 14.2 Å². The van der Waals surface area contributed by atoms with Crippen molar-refractivity contribution >= 4 is 29.7 Å². The maximum Gasteiger partial charge on any atom is 0.287 e. The monoisotopic (exact) mass is 509 g/mol. The minimum Gasteiger partial charge on any atom is -0.360 e. The standard InChI is InChI=1S/C25H28BrN3O2Si/c1-18-22(26)25(30)29-24(27-18)21(19-11-7-5-8-12-19)23(20-13-9-6-10-14-20)28(29)17-31-15-16-32(2,3)4/h5-14H,15-17H2,1-4H3. The zero-order valence-corrected chi connectivity index (χ0v) is 21.5. The number of rotatable bonds is 7. The van der Waals surface area contributed by atoms with E-state index in [1.807, 2.05) is 48.0 Å². The number of aromatic nitrogens is 3. The van der Waals surface area contributed by atoms with Gasteiger partial charge in [0.15, 0.2) is 5.65 Å². The van der Waals surface area contributed by atoms with Crippen molar-refractivity contribution < 1.29 is 4.74 Å². The number of hydrogen-bond acceptors (Lipinski definition) is 3. The zero-order chi connectivity index (χ0) is 22.9. The van der Waals surface area contributed by atoms with Crippen molar-refractivity contribution in [3.8, 4) is 22.4 Å². The number of benzene rings is 2. The number of nitrogens with zero attached hydrogens (tertiary/aromatic N) is 3. The van der Waals surface area contributed by atoms with Crippen LogP contribution in [0, 0.1) is 6.92 Å². The van der Waals surface area contributed by atoms with E-state index < -0.39 is 8.07 Å². The first kappa shape index (κ1) is 22.7. The normalized spacial score (nSPS) is 11.9. The van der Waals surface area contributed by atoms with Gasteiger partial charge in [-0.1, -0.05) is 80.3 Å². The average Bonchev–Trinajstić information content (AvgIpc) is 3.09. The quantitative estimate of drug-likeness (QED) is 0.219. The summed E-state index contributed by atoms with van der Waals surface area (Å²) in [5.74, 6) is 0. The third-order valence-electron chi connectivity index (χ3n) is 5.45. The predicted octanol–water partition coefficient (Wildman–Crippen LogP) is 6.21. The predicted molar refractivity (Wildman–Crippen MR) is 137 cm³/mol. The topological polar surface area (TPSA) is 48.5 Å². The van der Waals surface area contributed by atoms with Crippen LogP contribution in [0.3, 0.4) is 0 Å². The number of fused-ring (bicyclic) bond motifs is 1. The summed E-state index contributed by atoms with van der Waals surface area (Å²) in [7, 11) is -1.22. The SMILES string of the molecule is Cc1nc2c(-c3ccccc3)c(-c3ccccc3)n(COCC[Si](C)(C)C)n2c(=O)c1Br. The molecule has 0 unspecified atom stereocenters. The van der Waals surface area contributed by atoms with E-state index in [0.717, 1.165) is 28.4 Å². The molecule has 7 heteroatoms. The van der Waals surface area contributed by atoms with Gasteiger partial charge in [-0.15, -0.1) is 0 Å². The van der Waals surface area contributed by atoms with Gasteiger partial charge in [0.05, 0.1) is 17.0 Å². The summed E-state index contributed by atoms with van der Waals surface area (Å²) in [4.78, 5) is 18.2. The maximum absolute atomic E-state index is 13.4. The minimum absolute atomic E-state index is 0.138. The molecule has 5 nitrogen and oxygen atoms in total. The zero-order valence-electron chi connectivity index (χ0n) is 18.9. The second-order valence-corrected chi connectivity index (χ2v) is 15.6. The van der Waals surface area contributed by atoms with Crippen LogP contribution < -0.4 is 5.56 Å². The van der Waals surface area contributed by atoms with Crippen LogP contribution in [-0.4, -0.2) is 28.9 Å². The van der Waals surface area contributed by atoms with Gasteiger partial charge in [-0.3, -0.25) is 4.79 Å². The molecule has 0 aliphatic carbocycles. The van der Waals surface area contributed by atoms with Crippen LogP contribution in [0.5, 0.6) is 0 Å². The number of ether oxygens (including phenoxy) is 1. The van der Waals surface area contributed by atoms with Gasteiger partial charge in [0.25, 0.3) is 5.56 Å². The number of halogens is 1. The summed E-state index contributed by atoms with van der Waals surface area (Å²) in [6.07, 6.45) is 0. The minimum atomic E-state index is -1.22. The van der Waals surface area contributed by atoms with Crippen molar-refractivity contribution in [1.29, 1.82) is 0 Å². The Labute approximate surface area is 197 Å². The van der Waals surface area contributed by atoms with E-state index in [1.54, 1.807) is 4.52 Å². The first-order valence-electron chi connectivity index (χ1n) is 10.8. The average molecular weight is 511 g/mol. The van der Waals surface area contributed by atoms with Gasteiger partial charge < -0.3 is 4.74 Å². The summed E-state index contributed by atoms with van der Waals surface area (Å²) in [6.45, 7) is 9.79. The summed E-state index contributed by atoms with van der Waals surface area (Å²) in [5.41, 5.74) is 5.04. The van der Waals surface area contributed by atoms with Gasteiger partial charge >= 0.3 is 0 Å². The molecule has 32 heavy (non-hydrogen) atoms. The molecule has 0 bridgehead atoms. The van der Waals surface area contributed by atoms with Crippen molar-refractivity contribution in [2.45, 2.75) is 39.3 Å². The molecule has 0 N–H and O–H groups in total. The van der Waals surface area contributed by atoms with Crippen LogP contribution >= 0.6 is 15.9 Å². The highest BCUT2D eigenvalue weighted by Crippen LogP contribution is 2.36. The summed E-state index contributed by atoms with van der Waals surface area (Å²) in [5, 5.41) is 0. The van der Waals surface area contributed by atoms with Gasteiger partial charge in [-0.25, -0.2) is 9.67 Å². The first-order valence-corrected chi connectivity index (χ1v) is 15.3. The van der Waals surface area contributed by atoms with Crippen LogP contribution in [-0.2, 0) is 11.5 Å². The molecule has 0 spiro atoms. The van der Waals surface area contributed by atoms with E-state index in [4.69, 9.17) is 9.72 Å². The van der Waals surface area contributed by atoms with Crippen molar-refractivity contribution in [3.63, 3.8) is 0 Å². The Hall–Kier alpha value is -2.48. The third kappa shape index (κ3) is 4.51. The van der Waals surface area contributed by atoms with E-state index >= 15 is 0 Å². The fourth-order valence-corrected chi connectivity index (χ4v) is 4.74. The van der Waals surface area contributed by atoms with Crippen LogP contribution in [0.25, 0.3) is 28.0 Å². The van der Waals surface area contributed by atoms with Gasteiger partial charge in [0, 0.05) is 20.2 Å². The second-order valence-electron chi connectivity index (χ2n) is 9.15. The van der Waals surface area contributed by atoms with Gasteiger partial charge in [-0.2, -0.15) is 4.52 Å². The Morgan fingerprint density at radius 3 is 2.16 bits per heavy atom. The van der Waals surface area contributed by atoms with Gasteiger partial charge in [0.2, 0.25) is 0 Å². The van der Waals surface area contributed by atoms with Crippen LogP contribution in [0.2, 0.25) is 25.7 Å². The number of aryl methyl sites for hydroxylation is 1. The summed E-state index contributed by atoms with van der Waals surface area (Å²) < 4.78 is 10.2. The fraction of sp³-hybridized carbons (Fsp3) is 0.280. The summed E-state index contributed by atoms with van der Waals surface area (Å²) >= 11 is 3.44. The Kier molecular flexibility index (Phi) is 6.51. The number of hydrogen-bond donors (Lipinski definition) is 0. The molecule has 4 rings (SSSR count). The smallest absolute Gasteiger partial charge is 0.287 e. The lowest BCUT2D eigenvalue weighted by Crippen LogP contribution is -2.26. The highest BCUT2D eigenvalue weighted by molar-refractivity contribution is 9.10. The third-order valence-corrected chi connectivity index (χ3v) is 8.07. The van der Waals surface area contributed by atoms with E-state index in [9.17, 15) is 4.79 Å². The highest BCUT2D eigenvalue weighted by Gasteiger charge is 2.24. The van der Waals surface area contributed by atoms with Crippen molar-refractivity contribution in [3.05, 3.63) is 81.2 Å². The Morgan fingerprint density at radius 2 is 1.56 bits per heavy atom. The molecular weight excluding hydrogens is 482 g/mol. The first-order chi connectivity index (χ1) is 15.3. The molecule has 0 aliphatic rings. The second kappa shape index (κ2) is 9.17. The van der Waals surface area contributed by atoms with Crippen LogP contribution in [0.1, 0.15) is 5.69 Å². The van der Waals surface area contributed by atoms with Gasteiger partial charge in [0.1, 0.15) is 11.2 Å². The van der Waals surface area contributed by atoms with Crippen LogP contribution in [0.4, 0.5) is 0 Å². The summed E-state index contributed by atoms with van der Waals surface area (Å²) in [6, 6.07) is 21.3. The van der Waals surface area contributed by atoms with Crippen molar-refractivity contribution in [2.75, 3.05) is 6.61 Å². The maximum atomic E-state index is 13.4. The Balaban J connectivity index is 1.99. The molecule has 0 radical (unpaired) electrons. The molecule has 0 fully saturated rings. The molecule has 0 aliphatic heterocycles. The van der Waals surface area contributed by atoms with E-state index in [0.29, 0.717) is 22.4 Å². The molecule has 0 amide bonds. The fourth-order valence-electron chi connectivity index (χ4n) is 3.73. The molecule has 4 aromatic rings. The van der Waals surface area contributed by atoms with E-state index in [2.05, 4.69) is 59.8 Å². The van der Waals surface area contributed by atoms with E-state index in [-0.39, 0.29) is 12.3 Å². The van der Waals surface area contributed by atoms with Crippen molar-refractivity contribution in [2.24, 2.45) is 0 Å². The largest absolute Gasteiger partial charge is 0.360 e. The molecule has 166 valence electrons. The molecule has 2 aromatic carbocycles. The lowest BCUT2D eigenvalue weighted by molar-refractivity contribution is 0.0764. The molecule has 2 aromatic heterocycles. The molecule has 0 saturated heterocycles. The molecular formula is C25H28BrN3O2Si.